The van der Waals surface area contributed by atoms with Crippen LogP contribution in [-0.2, 0) is 9.53 Å². The molecule has 0 aliphatic heterocycles. The van der Waals surface area contributed by atoms with E-state index < -0.39 is 0 Å². The highest BCUT2D eigenvalue weighted by molar-refractivity contribution is 5.78. The number of hydrogen-bond donors (Lipinski definition) is 0. The van der Waals surface area contributed by atoms with E-state index in [4.69, 9.17) is 19.2 Å². The van der Waals surface area contributed by atoms with Gasteiger partial charge in [0, 0.05) is 17.2 Å². The van der Waals surface area contributed by atoms with E-state index in [1.165, 1.54) is 7.11 Å². The van der Waals surface area contributed by atoms with Gasteiger partial charge >= 0.3 is 5.97 Å². The van der Waals surface area contributed by atoms with Gasteiger partial charge in [-0.3, -0.25) is 4.79 Å². The highest BCUT2D eigenvalue weighted by atomic mass is 16.5. The molecule has 1 atom stereocenters. The minimum atomic E-state index is -0.366. The molecule has 1 heterocycles. The lowest BCUT2D eigenvalue weighted by Gasteiger charge is -2.15. The largest absolute Gasteiger partial charge is 0.493 e. The summed E-state index contributed by atoms with van der Waals surface area (Å²) in [5.74, 6) is 0.720. The summed E-state index contributed by atoms with van der Waals surface area (Å²) in [5.41, 5.74) is 5.01. The molecule has 0 N–H and O–H groups in total. The molecular weight excluding hydrogens is 462 g/mol. The third kappa shape index (κ3) is 7.20. The Bertz CT molecular complexity index is 1220. The van der Waals surface area contributed by atoms with E-state index in [1.807, 2.05) is 73.7 Å². The van der Waals surface area contributed by atoms with Crippen LogP contribution in [0.4, 0.5) is 0 Å². The second-order valence-electron chi connectivity index (χ2n) is 8.85. The number of para-hydroxylation sites is 1. The van der Waals surface area contributed by atoms with Crippen LogP contribution in [0.3, 0.4) is 0 Å². The molecule has 0 bridgehead atoms. The summed E-state index contributed by atoms with van der Waals surface area (Å²) in [5, 5.41) is 0. The number of benzene rings is 3. The number of unbranched alkanes of at least 4 members (excludes halogenated alkanes) is 2. The van der Waals surface area contributed by atoms with Crippen LogP contribution in [0.5, 0.6) is 11.6 Å². The Kier molecular flexibility index (Phi) is 9.30. The van der Waals surface area contributed by atoms with Crippen LogP contribution in [0.15, 0.2) is 97.1 Å². The third-order valence-electron chi connectivity index (χ3n) is 6.21. The lowest BCUT2D eigenvalue weighted by molar-refractivity contribution is -0.142. The van der Waals surface area contributed by atoms with Crippen molar-refractivity contribution in [2.75, 3.05) is 20.3 Å². The number of nitrogens with zero attached hydrogens (tertiary/aromatic N) is 1. The Morgan fingerprint density at radius 3 is 2.05 bits per heavy atom. The predicted octanol–water partition coefficient (Wildman–Crippen LogP) is 7.32. The van der Waals surface area contributed by atoms with E-state index in [0.717, 1.165) is 53.0 Å². The molecule has 0 aliphatic carbocycles. The summed E-state index contributed by atoms with van der Waals surface area (Å²) in [6.07, 6.45) is 2.73. The zero-order chi connectivity index (χ0) is 25.9. The molecule has 0 aliphatic rings. The van der Waals surface area contributed by atoms with Gasteiger partial charge in [-0.1, -0.05) is 78.9 Å². The Balaban J connectivity index is 1.31. The first kappa shape index (κ1) is 26.0. The fourth-order valence-electron chi connectivity index (χ4n) is 4.15. The van der Waals surface area contributed by atoms with Crippen molar-refractivity contribution in [3.63, 3.8) is 0 Å². The molecular formula is C32H33NO4. The normalized spacial score (nSPS) is 11.5. The van der Waals surface area contributed by atoms with Crippen LogP contribution < -0.4 is 9.47 Å². The van der Waals surface area contributed by atoms with E-state index in [1.54, 1.807) is 0 Å². The molecule has 3 aromatic carbocycles. The number of aromatic nitrogens is 1. The van der Waals surface area contributed by atoms with Crippen molar-refractivity contribution in [1.82, 2.24) is 4.98 Å². The summed E-state index contributed by atoms with van der Waals surface area (Å²) in [6.45, 7) is 2.98. The van der Waals surface area contributed by atoms with Gasteiger partial charge in [-0.25, -0.2) is 4.98 Å². The second-order valence-corrected chi connectivity index (χ2v) is 8.85. The number of ether oxygens (including phenoxy) is 3. The standard InChI is InChI=1S/C32H33NO4/c1-24(32(34)35-2)28-18-10-11-19-30(28)36-20-12-5-13-21-37-31-23-27(25-14-6-3-7-15-25)22-29(33-31)26-16-8-4-9-17-26/h3-4,6-11,14-19,22-24H,5,12-13,20-21H2,1-2H3. The van der Waals surface area contributed by atoms with E-state index in [-0.39, 0.29) is 11.9 Å². The van der Waals surface area contributed by atoms with E-state index in [2.05, 4.69) is 30.3 Å². The Hall–Kier alpha value is -4.12. The molecule has 0 saturated heterocycles. The lowest BCUT2D eigenvalue weighted by atomic mass is 10.0. The van der Waals surface area contributed by atoms with Crippen molar-refractivity contribution < 1.29 is 19.0 Å². The van der Waals surface area contributed by atoms with Crippen LogP contribution in [0.1, 0.15) is 37.7 Å². The zero-order valence-corrected chi connectivity index (χ0v) is 21.4. The monoisotopic (exact) mass is 495 g/mol. The number of hydrogen-bond acceptors (Lipinski definition) is 5. The first-order valence-corrected chi connectivity index (χ1v) is 12.7. The summed E-state index contributed by atoms with van der Waals surface area (Å²) >= 11 is 0. The van der Waals surface area contributed by atoms with Gasteiger partial charge in [0.2, 0.25) is 5.88 Å². The third-order valence-corrected chi connectivity index (χ3v) is 6.21. The van der Waals surface area contributed by atoms with Crippen LogP contribution >= 0.6 is 0 Å². The predicted molar refractivity (Wildman–Crippen MR) is 147 cm³/mol. The highest BCUT2D eigenvalue weighted by Crippen LogP contribution is 2.29. The van der Waals surface area contributed by atoms with Crippen molar-refractivity contribution in [2.24, 2.45) is 0 Å². The van der Waals surface area contributed by atoms with Gasteiger partial charge in [0.1, 0.15) is 5.75 Å². The number of rotatable bonds is 12. The number of pyridine rings is 1. The van der Waals surface area contributed by atoms with Crippen molar-refractivity contribution in [2.45, 2.75) is 32.1 Å². The van der Waals surface area contributed by atoms with Crippen LogP contribution in [0.25, 0.3) is 22.4 Å². The average molecular weight is 496 g/mol. The maximum atomic E-state index is 11.9. The maximum Gasteiger partial charge on any atom is 0.312 e. The number of methoxy groups -OCH3 is 1. The Morgan fingerprint density at radius 2 is 1.35 bits per heavy atom. The van der Waals surface area contributed by atoms with E-state index >= 15 is 0 Å². The van der Waals surface area contributed by atoms with Crippen molar-refractivity contribution in [3.05, 3.63) is 103 Å². The lowest BCUT2D eigenvalue weighted by Crippen LogP contribution is -2.12. The molecule has 1 unspecified atom stereocenters. The first-order chi connectivity index (χ1) is 18.2. The van der Waals surface area contributed by atoms with E-state index in [9.17, 15) is 4.79 Å². The van der Waals surface area contributed by atoms with E-state index in [0.29, 0.717) is 19.1 Å². The van der Waals surface area contributed by atoms with Gasteiger partial charge in [-0.15, -0.1) is 0 Å². The quantitative estimate of drug-likeness (QED) is 0.152. The molecule has 0 radical (unpaired) electrons. The number of carbonyl (C=O) groups excluding carboxylic acids is 1. The van der Waals surface area contributed by atoms with Gasteiger partial charge in [0.25, 0.3) is 0 Å². The molecule has 0 amide bonds. The molecule has 0 fully saturated rings. The maximum absolute atomic E-state index is 11.9. The Morgan fingerprint density at radius 1 is 0.730 bits per heavy atom. The first-order valence-electron chi connectivity index (χ1n) is 12.7. The minimum absolute atomic E-state index is 0.270. The van der Waals surface area contributed by atoms with Crippen molar-refractivity contribution >= 4 is 5.97 Å². The minimum Gasteiger partial charge on any atom is -0.493 e. The van der Waals surface area contributed by atoms with Crippen LogP contribution in [-0.4, -0.2) is 31.3 Å². The second kappa shape index (κ2) is 13.3. The molecule has 37 heavy (non-hydrogen) atoms. The summed E-state index contributed by atoms with van der Waals surface area (Å²) in [4.78, 5) is 16.7. The molecule has 4 rings (SSSR count). The smallest absolute Gasteiger partial charge is 0.312 e. The zero-order valence-electron chi connectivity index (χ0n) is 21.4. The van der Waals surface area contributed by atoms with Gasteiger partial charge in [0.05, 0.1) is 31.9 Å². The van der Waals surface area contributed by atoms with Gasteiger partial charge < -0.3 is 14.2 Å². The Labute approximate surface area is 219 Å². The number of carbonyl (C=O) groups is 1. The van der Waals surface area contributed by atoms with Crippen LogP contribution in [0.2, 0.25) is 0 Å². The highest BCUT2D eigenvalue weighted by Gasteiger charge is 2.19. The van der Waals surface area contributed by atoms with Gasteiger partial charge in [0.15, 0.2) is 0 Å². The number of esters is 1. The fraction of sp³-hybridized carbons (Fsp3) is 0.250. The summed E-state index contributed by atoms with van der Waals surface area (Å²) < 4.78 is 16.9. The molecule has 5 nitrogen and oxygen atoms in total. The molecule has 5 heteroatoms. The average Bonchev–Trinajstić information content (AvgIpc) is 2.97. The molecule has 190 valence electrons. The van der Waals surface area contributed by atoms with Crippen LogP contribution in [0, 0.1) is 0 Å². The van der Waals surface area contributed by atoms with Gasteiger partial charge in [-0.2, -0.15) is 0 Å². The molecule has 4 aromatic rings. The van der Waals surface area contributed by atoms with Gasteiger partial charge in [-0.05, 0) is 49.4 Å². The molecule has 0 spiro atoms. The SMILES string of the molecule is COC(=O)C(C)c1ccccc1OCCCCCOc1cc(-c2ccccc2)cc(-c2ccccc2)n1. The fourth-order valence-corrected chi connectivity index (χ4v) is 4.15. The summed E-state index contributed by atoms with van der Waals surface area (Å²) in [6, 6.07) is 32.2. The topological polar surface area (TPSA) is 57.7 Å². The summed E-state index contributed by atoms with van der Waals surface area (Å²) in [7, 11) is 1.40. The molecule has 0 saturated carbocycles. The van der Waals surface area contributed by atoms with Crippen molar-refractivity contribution in [3.8, 4) is 34.0 Å². The van der Waals surface area contributed by atoms with Crippen molar-refractivity contribution in [1.29, 1.82) is 0 Å². The molecule has 1 aromatic heterocycles.